The molecule has 25 heavy (non-hydrogen) atoms. The zero-order valence-corrected chi connectivity index (χ0v) is 15.8. The smallest absolute Gasteiger partial charge is 0.367 e. The van der Waals surface area contributed by atoms with Crippen molar-refractivity contribution in [1.82, 2.24) is 4.90 Å². The molecule has 0 atom stereocenters. The molecule has 0 amide bonds. The van der Waals surface area contributed by atoms with Gasteiger partial charge >= 0.3 is 15.2 Å². The molecule has 1 aromatic rings. The Morgan fingerprint density at radius 3 is 1.96 bits per heavy atom. The van der Waals surface area contributed by atoms with E-state index in [1.54, 1.807) is 0 Å². The quantitative estimate of drug-likeness (QED) is 0.459. The lowest BCUT2D eigenvalue weighted by Gasteiger charge is -2.35. The maximum Gasteiger partial charge on any atom is 0.369 e. The minimum atomic E-state index is -5.38. The average Bonchev–Trinajstić information content (AvgIpc) is 2.52. The minimum absolute atomic E-state index is 0.00728. The van der Waals surface area contributed by atoms with E-state index in [4.69, 9.17) is 19.6 Å². The first-order valence-electron chi connectivity index (χ1n) is 8.06. The summed E-state index contributed by atoms with van der Waals surface area (Å²) < 4.78 is 22.7. The Bertz CT molecular complexity index is 652. The lowest BCUT2D eigenvalue weighted by molar-refractivity contribution is 0.102. The lowest BCUT2D eigenvalue weighted by Crippen LogP contribution is -2.38. The third-order valence-electron chi connectivity index (χ3n) is 4.83. The van der Waals surface area contributed by atoms with Crippen molar-refractivity contribution in [3.63, 3.8) is 0 Å². The van der Waals surface area contributed by atoms with Crippen molar-refractivity contribution in [2.45, 2.75) is 37.2 Å². The van der Waals surface area contributed by atoms with E-state index in [2.05, 4.69) is 24.3 Å². The SMILES string of the molecule is Cc1ccc(C2CCN(CCC(O)(P(=O)(O)O)P(=O)(O)O)CC2)cc1. The van der Waals surface area contributed by atoms with Crippen LogP contribution < -0.4 is 0 Å². The molecule has 1 aromatic carbocycles. The highest BCUT2D eigenvalue weighted by atomic mass is 31.2. The highest BCUT2D eigenvalue weighted by Gasteiger charge is 2.59. The van der Waals surface area contributed by atoms with E-state index in [1.807, 2.05) is 11.8 Å². The summed E-state index contributed by atoms with van der Waals surface area (Å²) in [6.07, 6.45) is 0.997. The van der Waals surface area contributed by atoms with Crippen LogP contribution in [0.1, 0.15) is 36.3 Å². The zero-order valence-electron chi connectivity index (χ0n) is 14.0. The third-order valence-corrected chi connectivity index (χ3v) is 8.71. The number of aliphatic hydroxyl groups is 1. The predicted octanol–water partition coefficient (Wildman–Crippen LogP) is 1.57. The molecule has 0 aromatic heterocycles. The molecule has 0 spiro atoms. The summed E-state index contributed by atoms with van der Waals surface area (Å²) in [4.78, 5) is 38.5. The van der Waals surface area contributed by atoms with Gasteiger partial charge in [0.25, 0.3) is 5.08 Å². The second-order valence-electron chi connectivity index (χ2n) is 6.64. The molecule has 1 fully saturated rings. The fourth-order valence-electron chi connectivity index (χ4n) is 3.10. The van der Waals surface area contributed by atoms with Crippen LogP contribution in [0.15, 0.2) is 24.3 Å². The Hall–Kier alpha value is -0.560. The first-order chi connectivity index (χ1) is 11.4. The highest BCUT2D eigenvalue weighted by Crippen LogP contribution is 2.68. The normalized spacial score (nSPS) is 18.5. The van der Waals surface area contributed by atoms with Gasteiger partial charge in [-0.3, -0.25) is 9.13 Å². The van der Waals surface area contributed by atoms with Gasteiger partial charge in [0.1, 0.15) is 0 Å². The molecule has 8 nitrogen and oxygen atoms in total. The molecule has 1 heterocycles. The molecule has 1 aliphatic rings. The molecule has 10 heteroatoms. The minimum Gasteiger partial charge on any atom is -0.367 e. The number of likely N-dealkylation sites (tertiary alicyclic amines) is 1. The molecule has 0 unspecified atom stereocenters. The van der Waals surface area contributed by atoms with Gasteiger partial charge < -0.3 is 29.6 Å². The number of benzene rings is 1. The third kappa shape index (κ3) is 4.79. The van der Waals surface area contributed by atoms with E-state index >= 15 is 0 Å². The Labute approximate surface area is 146 Å². The summed E-state index contributed by atoms with van der Waals surface area (Å²) in [6, 6.07) is 8.30. The maximum atomic E-state index is 11.4. The Balaban J connectivity index is 1.94. The first kappa shape index (κ1) is 20.7. The maximum absolute atomic E-state index is 11.4. The predicted molar refractivity (Wildman–Crippen MR) is 93.2 cm³/mol. The van der Waals surface area contributed by atoms with Crippen LogP contribution in [-0.4, -0.2) is 54.3 Å². The van der Waals surface area contributed by atoms with Crippen molar-refractivity contribution in [3.05, 3.63) is 35.4 Å². The fraction of sp³-hybridized carbons (Fsp3) is 0.600. The van der Waals surface area contributed by atoms with Crippen molar-refractivity contribution in [2.75, 3.05) is 19.6 Å². The van der Waals surface area contributed by atoms with Crippen molar-refractivity contribution < 1.29 is 33.8 Å². The first-order valence-corrected chi connectivity index (χ1v) is 11.3. The number of hydrogen-bond acceptors (Lipinski definition) is 4. The van der Waals surface area contributed by atoms with Gasteiger partial charge in [0.15, 0.2) is 0 Å². The van der Waals surface area contributed by atoms with Crippen LogP contribution in [0, 0.1) is 6.92 Å². The van der Waals surface area contributed by atoms with E-state index in [-0.39, 0.29) is 6.54 Å². The van der Waals surface area contributed by atoms with Gasteiger partial charge in [-0.1, -0.05) is 29.8 Å². The van der Waals surface area contributed by atoms with Gasteiger partial charge in [0.2, 0.25) is 0 Å². The van der Waals surface area contributed by atoms with Crippen molar-refractivity contribution in [1.29, 1.82) is 0 Å². The Morgan fingerprint density at radius 1 is 1.04 bits per heavy atom. The number of nitrogens with zero attached hydrogens (tertiary/aromatic N) is 1. The van der Waals surface area contributed by atoms with Crippen LogP contribution >= 0.6 is 15.2 Å². The zero-order chi connectivity index (χ0) is 18.9. The second-order valence-corrected chi connectivity index (χ2v) is 10.6. The van der Waals surface area contributed by atoms with E-state index in [1.165, 1.54) is 11.1 Å². The lowest BCUT2D eigenvalue weighted by atomic mass is 9.89. The summed E-state index contributed by atoms with van der Waals surface area (Å²) in [7, 11) is -10.8. The molecular weight excluding hydrogens is 368 g/mol. The van der Waals surface area contributed by atoms with E-state index in [0.29, 0.717) is 19.0 Å². The van der Waals surface area contributed by atoms with Gasteiger partial charge in [-0.25, -0.2) is 0 Å². The van der Waals surface area contributed by atoms with Crippen molar-refractivity contribution in [2.24, 2.45) is 0 Å². The van der Waals surface area contributed by atoms with E-state index in [9.17, 15) is 14.2 Å². The molecule has 0 aliphatic carbocycles. The van der Waals surface area contributed by atoms with E-state index in [0.717, 1.165) is 12.8 Å². The topological polar surface area (TPSA) is 139 Å². The fourth-order valence-corrected chi connectivity index (χ4v) is 5.24. The summed E-state index contributed by atoms with van der Waals surface area (Å²) in [6.45, 7) is 3.30. The molecule has 0 saturated carbocycles. The van der Waals surface area contributed by atoms with Crippen molar-refractivity contribution in [3.8, 4) is 0 Å². The van der Waals surface area contributed by atoms with Crippen LogP contribution in [0.4, 0.5) is 0 Å². The number of aryl methyl sites for hydroxylation is 1. The van der Waals surface area contributed by atoms with Gasteiger partial charge in [-0.2, -0.15) is 0 Å². The molecule has 1 saturated heterocycles. The molecular formula is C15H25NO7P2. The molecule has 1 aliphatic heterocycles. The summed E-state index contributed by atoms with van der Waals surface area (Å²) >= 11 is 0. The summed E-state index contributed by atoms with van der Waals surface area (Å²) in [5, 5.41) is 6.59. The van der Waals surface area contributed by atoms with Crippen LogP contribution in [-0.2, 0) is 9.13 Å². The molecule has 0 bridgehead atoms. The second kappa shape index (κ2) is 7.59. The monoisotopic (exact) mass is 393 g/mol. The van der Waals surface area contributed by atoms with Crippen LogP contribution in [0.5, 0.6) is 0 Å². The average molecular weight is 393 g/mol. The standard InChI is InChI=1S/C15H25NO7P2/c1-12-2-4-13(5-3-12)14-6-9-16(10-7-14)11-8-15(17,24(18,19)20)25(21,22)23/h2-5,14,17H,6-11H2,1H3,(H2,18,19,20)(H2,21,22,23). The van der Waals surface area contributed by atoms with Crippen LogP contribution in [0.2, 0.25) is 0 Å². The van der Waals surface area contributed by atoms with Crippen LogP contribution in [0.25, 0.3) is 0 Å². The summed E-state index contributed by atoms with van der Waals surface area (Å²) in [5.41, 5.74) is 2.43. The van der Waals surface area contributed by atoms with Gasteiger partial charge in [-0.05, 0) is 44.3 Å². The van der Waals surface area contributed by atoms with E-state index < -0.39 is 26.7 Å². The number of piperidine rings is 1. The number of rotatable bonds is 6. The molecule has 2 rings (SSSR count). The van der Waals surface area contributed by atoms with Gasteiger partial charge in [-0.15, -0.1) is 0 Å². The van der Waals surface area contributed by atoms with Gasteiger partial charge in [0, 0.05) is 13.0 Å². The van der Waals surface area contributed by atoms with Crippen LogP contribution in [0.3, 0.4) is 0 Å². The highest BCUT2D eigenvalue weighted by molar-refractivity contribution is 7.72. The molecule has 142 valence electrons. The van der Waals surface area contributed by atoms with Crippen molar-refractivity contribution >= 4 is 15.2 Å². The number of hydrogen-bond donors (Lipinski definition) is 5. The largest absolute Gasteiger partial charge is 0.369 e. The molecule has 0 radical (unpaired) electrons. The Kier molecular flexibility index (Phi) is 6.30. The Morgan fingerprint density at radius 2 is 1.52 bits per heavy atom. The summed E-state index contributed by atoms with van der Waals surface area (Å²) in [5.74, 6) is 0.388. The van der Waals surface area contributed by atoms with Gasteiger partial charge in [0.05, 0.1) is 0 Å². The molecule has 5 N–H and O–H groups in total.